The minimum Gasteiger partial charge on any atom is -0.390 e. The van der Waals surface area contributed by atoms with E-state index in [1.54, 1.807) is 12.3 Å². The normalized spacial score (nSPS) is 16.4. The highest BCUT2D eigenvalue weighted by molar-refractivity contribution is 5.95. The third-order valence-electron chi connectivity index (χ3n) is 6.84. The SMILES string of the molecule is O=C(N[C@@H]1c2cc(CNCCCc3cccnc3)ccc2C[C@H]1O)c1ccc(-c2ccccc2)cc1F. The van der Waals surface area contributed by atoms with E-state index in [4.69, 9.17) is 0 Å². The van der Waals surface area contributed by atoms with Gasteiger partial charge >= 0.3 is 0 Å². The standard InChI is InChI=1S/C31H30FN3O2/c32-28-17-24(23-8-2-1-3-9-23)12-13-26(28)31(37)35-30-27-16-22(10-11-25(27)18-29(30)36)20-34-15-5-7-21-6-4-14-33-19-21/h1-4,6,8-14,16-17,19,29-30,34,36H,5,7,15,18,20H2,(H,35,37)/t29-,30-/m1/s1. The van der Waals surface area contributed by atoms with E-state index < -0.39 is 23.9 Å². The first-order chi connectivity index (χ1) is 18.1. The van der Waals surface area contributed by atoms with Crippen LogP contribution in [0.5, 0.6) is 0 Å². The van der Waals surface area contributed by atoms with E-state index in [-0.39, 0.29) is 5.56 Å². The van der Waals surface area contributed by atoms with Crippen molar-refractivity contribution in [1.82, 2.24) is 15.6 Å². The molecular weight excluding hydrogens is 465 g/mol. The topological polar surface area (TPSA) is 74.2 Å². The van der Waals surface area contributed by atoms with Crippen molar-refractivity contribution in [3.63, 3.8) is 0 Å². The van der Waals surface area contributed by atoms with Crippen LogP contribution in [0.4, 0.5) is 4.39 Å². The first kappa shape index (κ1) is 24.8. The number of hydrogen-bond donors (Lipinski definition) is 3. The molecule has 5 nitrogen and oxygen atoms in total. The van der Waals surface area contributed by atoms with Crippen molar-refractivity contribution in [3.05, 3.63) is 125 Å². The van der Waals surface area contributed by atoms with E-state index in [1.807, 2.05) is 60.8 Å². The summed E-state index contributed by atoms with van der Waals surface area (Å²) in [7, 11) is 0. The van der Waals surface area contributed by atoms with Gasteiger partial charge in [0.25, 0.3) is 5.91 Å². The number of nitrogens with one attached hydrogen (secondary N) is 2. The van der Waals surface area contributed by atoms with Crippen molar-refractivity contribution >= 4 is 5.91 Å². The highest BCUT2D eigenvalue weighted by Gasteiger charge is 2.33. The number of pyridine rings is 1. The Labute approximate surface area is 216 Å². The maximum atomic E-state index is 14.9. The molecule has 2 atom stereocenters. The molecule has 0 bridgehead atoms. The minimum atomic E-state index is -0.756. The second-order valence-electron chi connectivity index (χ2n) is 9.46. The van der Waals surface area contributed by atoms with Crippen LogP contribution < -0.4 is 10.6 Å². The molecular formula is C31H30FN3O2. The lowest BCUT2D eigenvalue weighted by Crippen LogP contribution is -2.34. The molecule has 0 unspecified atom stereocenters. The van der Waals surface area contributed by atoms with Crippen LogP contribution in [0.1, 0.15) is 45.1 Å². The number of aliphatic hydroxyl groups is 1. The Hall–Kier alpha value is -3.87. The summed E-state index contributed by atoms with van der Waals surface area (Å²) in [6.07, 6.45) is 5.34. The summed E-state index contributed by atoms with van der Waals surface area (Å²) in [5.41, 5.74) is 5.74. The fraction of sp³-hybridized carbons (Fsp3) is 0.226. The van der Waals surface area contributed by atoms with Crippen molar-refractivity contribution in [3.8, 4) is 11.1 Å². The van der Waals surface area contributed by atoms with Gasteiger partial charge < -0.3 is 15.7 Å². The van der Waals surface area contributed by atoms with Crippen molar-refractivity contribution in [2.24, 2.45) is 0 Å². The fourth-order valence-electron chi connectivity index (χ4n) is 4.88. The summed E-state index contributed by atoms with van der Waals surface area (Å²) >= 11 is 0. The van der Waals surface area contributed by atoms with Gasteiger partial charge in [0.1, 0.15) is 5.82 Å². The number of aromatic nitrogens is 1. The first-order valence-electron chi connectivity index (χ1n) is 12.6. The van der Waals surface area contributed by atoms with E-state index in [9.17, 15) is 14.3 Å². The van der Waals surface area contributed by atoms with E-state index in [1.165, 1.54) is 17.7 Å². The molecule has 0 aliphatic heterocycles. The van der Waals surface area contributed by atoms with Gasteiger partial charge in [0, 0.05) is 25.4 Å². The van der Waals surface area contributed by atoms with Gasteiger partial charge in [-0.05, 0) is 71.0 Å². The zero-order valence-electron chi connectivity index (χ0n) is 20.5. The number of halogens is 1. The van der Waals surface area contributed by atoms with Gasteiger partial charge in [-0.15, -0.1) is 0 Å². The quantitative estimate of drug-likeness (QED) is 0.286. The van der Waals surface area contributed by atoms with E-state index in [0.717, 1.165) is 41.6 Å². The van der Waals surface area contributed by atoms with Gasteiger partial charge in [-0.2, -0.15) is 0 Å². The zero-order valence-corrected chi connectivity index (χ0v) is 20.5. The highest BCUT2D eigenvalue weighted by atomic mass is 19.1. The average molecular weight is 496 g/mol. The number of rotatable bonds is 9. The Morgan fingerprint density at radius 3 is 2.62 bits per heavy atom. The number of hydrogen-bond acceptors (Lipinski definition) is 4. The van der Waals surface area contributed by atoms with E-state index in [2.05, 4.69) is 21.7 Å². The number of benzene rings is 3. The van der Waals surface area contributed by atoms with Gasteiger partial charge in [-0.3, -0.25) is 9.78 Å². The summed E-state index contributed by atoms with van der Waals surface area (Å²) in [6.45, 7) is 1.56. The first-order valence-corrected chi connectivity index (χ1v) is 12.6. The van der Waals surface area contributed by atoms with Crippen molar-refractivity contribution < 1.29 is 14.3 Å². The van der Waals surface area contributed by atoms with Crippen molar-refractivity contribution in [2.75, 3.05) is 6.54 Å². The molecule has 1 amide bonds. The Morgan fingerprint density at radius 2 is 1.84 bits per heavy atom. The highest BCUT2D eigenvalue weighted by Crippen LogP contribution is 2.33. The predicted octanol–water partition coefficient (Wildman–Crippen LogP) is 5.00. The number of aryl methyl sites for hydroxylation is 1. The summed E-state index contributed by atoms with van der Waals surface area (Å²) in [4.78, 5) is 17.1. The molecule has 1 aliphatic carbocycles. The molecule has 1 heterocycles. The molecule has 0 fully saturated rings. The lowest BCUT2D eigenvalue weighted by atomic mass is 10.0. The summed E-state index contributed by atoms with van der Waals surface area (Å²) < 4.78 is 14.9. The number of fused-ring (bicyclic) bond motifs is 1. The molecule has 5 rings (SSSR count). The number of nitrogens with zero attached hydrogens (tertiary/aromatic N) is 1. The summed E-state index contributed by atoms with van der Waals surface area (Å²) in [5, 5.41) is 17.0. The van der Waals surface area contributed by atoms with Crippen LogP contribution in [0.3, 0.4) is 0 Å². The monoisotopic (exact) mass is 495 g/mol. The smallest absolute Gasteiger partial charge is 0.254 e. The van der Waals surface area contributed by atoms with E-state index in [0.29, 0.717) is 18.5 Å². The van der Waals surface area contributed by atoms with Crippen LogP contribution in [-0.2, 0) is 19.4 Å². The minimum absolute atomic E-state index is 0.0354. The molecule has 188 valence electrons. The second kappa shape index (κ2) is 11.5. The molecule has 0 saturated heterocycles. The van der Waals surface area contributed by atoms with Gasteiger partial charge in [0.2, 0.25) is 0 Å². The molecule has 37 heavy (non-hydrogen) atoms. The fourth-order valence-corrected chi connectivity index (χ4v) is 4.88. The Morgan fingerprint density at radius 1 is 0.973 bits per heavy atom. The molecule has 3 aromatic carbocycles. The Kier molecular flexibility index (Phi) is 7.68. The molecule has 0 saturated carbocycles. The summed E-state index contributed by atoms with van der Waals surface area (Å²) in [5.74, 6) is -1.12. The third kappa shape index (κ3) is 5.93. The zero-order chi connectivity index (χ0) is 25.6. The number of carbonyl (C=O) groups is 1. The van der Waals surface area contributed by atoms with Gasteiger partial charge in [-0.25, -0.2) is 4.39 Å². The summed E-state index contributed by atoms with van der Waals surface area (Å²) in [6, 6.07) is 23.6. The predicted molar refractivity (Wildman–Crippen MR) is 142 cm³/mol. The number of aliphatic hydroxyl groups excluding tert-OH is 1. The third-order valence-corrected chi connectivity index (χ3v) is 6.84. The van der Waals surface area contributed by atoms with Gasteiger partial charge in [0.15, 0.2) is 0 Å². The maximum absolute atomic E-state index is 14.9. The van der Waals surface area contributed by atoms with Crippen molar-refractivity contribution in [1.29, 1.82) is 0 Å². The second-order valence-corrected chi connectivity index (χ2v) is 9.46. The van der Waals surface area contributed by atoms with Gasteiger partial charge in [0.05, 0.1) is 17.7 Å². The van der Waals surface area contributed by atoms with Crippen LogP contribution in [0, 0.1) is 5.82 Å². The molecule has 1 aliphatic rings. The maximum Gasteiger partial charge on any atom is 0.254 e. The van der Waals surface area contributed by atoms with Crippen LogP contribution in [0.2, 0.25) is 0 Å². The van der Waals surface area contributed by atoms with Crippen molar-refractivity contribution in [2.45, 2.75) is 38.0 Å². The molecule has 4 aromatic rings. The largest absolute Gasteiger partial charge is 0.390 e. The molecule has 3 N–H and O–H groups in total. The average Bonchev–Trinajstić information content (AvgIpc) is 3.23. The van der Waals surface area contributed by atoms with Gasteiger partial charge in [-0.1, -0.05) is 60.7 Å². The Balaban J connectivity index is 1.21. The van der Waals surface area contributed by atoms with Crippen LogP contribution >= 0.6 is 0 Å². The van der Waals surface area contributed by atoms with Crippen LogP contribution in [0.25, 0.3) is 11.1 Å². The molecule has 6 heteroatoms. The van der Waals surface area contributed by atoms with Crippen LogP contribution in [0.15, 0.2) is 91.3 Å². The molecule has 1 aromatic heterocycles. The lowest BCUT2D eigenvalue weighted by Gasteiger charge is -2.19. The van der Waals surface area contributed by atoms with E-state index >= 15 is 0 Å². The lowest BCUT2D eigenvalue weighted by molar-refractivity contribution is 0.0854. The number of amides is 1. The van der Waals surface area contributed by atoms with Crippen LogP contribution in [-0.4, -0.2) is 28.6 Å². The Bertz CT molecular complexity index is 1360. The molecule has 0 radical (unpaired) electrons. The molecule has 0 spiro atoms. The number of carbonyl (C=O) groups excluding carboxylic acids is 1.